The first kappa shape index (κ1) is 22.4. The monoisotopic (exact) mass is 378 g/mol. The molecule has 0 amide bonds. The summed E-state index contributed by atoms with van der Waals surface area (Å²) in [5.74, 6) is -6.58. The minimum absolute atomic E-state index is 0.0350. The third kappa shape index (κ3) is 6.45. The molecule has 0 aromatic heterocycles. The number of carboxylic acids is 2. The average molecular weight is 379 g/mol. The first-order valence-corrected chi connectivity index (χ1v) is 6.69. The van der Waals surface area contributed by atoms with E-state index in [4.69, 9.17) is 43.5 Å². The predicted octanol–water partition coefficient (Wildman–Crippen LogP) is -1.61. The third-order valence-corrected chi connectivity index (χ3v) is 2.64. The van der Waals surface area contributed by atoms with Gasteiger partial charge >= 0.3 is 23.9 Å². The lowest BCUT2D eigenvalue weighted by Crippen LogP contribution is -2.63. The predicted molar refractivity (Wildman–Crippen MR) is 81.7 cm³/mol. The number of aliphatic carboxylic acids is 1. The van der Waals surface area contributed by atoms with Gasteiger partial charge < -0.3 is 25.2 Å². The summed E-state index contributed by atoms with van der Waals surface area (Å²) in [6.45, 7) is -0.250. The van der Waals surface area contributed by atoms with Gasteiger partial charge in [0.05, 0.1) is 24.3 Å². The molecule has 0 atom stereocenters. The zero-order valence-corrected chi connectivity index (χ0v) is 13.3. The summed E-state index contributed by atoms with van der Waals surface area (Å²) in [4.78, 5) is 44.7. The Kier molecular flexibility index (Phi) is 8.67. The van der Waals surface area contributed by atoms with Gasteiger partial charge in [-0.1, -0.05) is 11.6 Å². The molecule has 0 aliphatic carbocycles. The minimum Gasteiger partial charge on any atom is -0.478 e. The number of hydrogen-bond acceptors (Lipinski definition) is 9. The molecule has 1 aromatic rings. The van der Waals surface area contributed by atoms with Gasteiger partial charge in [-0.15, -0.1) is 0 Å². The molecule has 0 aliphatic rings. The summed E-state index contributed by atoms with van der Waals surface area (Å²) >= 11 is 5.59. The maximum Gasteiger partial charge on any atom is 0.360 e. The molecule has 8 N–H and O–H groups in total. The highest BCUT2D eigenvalue weighted by molar-refractivity contribution is 6.31. The molecule has 25 heavy (non-hydrogen) atoms. The summed E-state index contributed by atoms with van der Waals surface area (Å²) in [6.07, 6.45) is 0. The van der Waals surface area contributed by atoms with Crippen molar-refractivity contribution >= 4 is 35.5 Å². The Morgan fingerprint density at radius 3 is 1.96 bits per heavy atom. The molecule has 138 valence electrons. The van der Waals surface area contributed by atoms with Crippen LogP contribution in [0.4, 0.5) is 0 Å². The molecule has 0 unspecified atom stereocenters. The van der Waals surface area contributed by atoms with Crippen LogP contribution in [0.5, 0.6) is 0 Å². The normalized spacial score (nSPS) is 10.3. The number of halogens is 1. The second-order valence-corrected chi connectivity index (χ2v) is 4.73. The molecule has 0 aliphatic heterocycles. The van der Waals surface area contributed by atoms with E-state index in [1.165, 1.54) is 6.07 Å². The molecule has 11 nitrogen and oxygen atoms in total. The van der Waals surface area contributed by atoms with Crippen LogP contribution in [0, 0.1) is 0 Å². The lowest BCUT2D eigenvalue weighted by atomic mass is 10.1. The topological polar surface area (TPSA) is 210 Å². The van der Waals surface area contributed by atoms with Crippen LogP contribution in [0.25, 0.3) is 0 Å². The lowest BCUT2D eigenvalue weighted by molar-refractivity contribution is -0.156. The standard InChI is InChI=1S/C11H9ClN2O7.C2H6O2/c12-4-1-2-5(6(3-4)7(15)16)8(17)21-10(20)11(13,14)9(18)19;3-1-2-4/h1-3H,13-14H2,(H,15,16)(H,18,19);3-4H,1-2H2. The van der Waals surface area contributed by atoms with E-state index in [-0.39, 0.29) is 18.2 Å². The number of nitrogens with two attached hydrogens (primary N) is 2. The molecule has 0 heterocycles. The Morgan fingerprint density at radius 1 is 1.04 bits per heavy atom. The van der Waals surface area contributed by atoms with Gasteiger partial charge in [-0.25, -0.2) is 19.2 Å². The van der Waals surface area contributed by atoms with Gasteiger partial charge in [-0.05, 0) is 18.2 Å². The molecule has 0 bridgehead atoms. The molecule has 0 saturated carbocycles. The minimum atomic E-state index is -2.94. The lowest BCUT2D eigenvalue weighted by Gasteiger charge is -2.16. The number of carboxylic acid groups (broad SMARTS) is 2. The van der Waals surface area contributed by atoms with Crippen molar-refractivity contribution in [2.45, 2.75) is 5.66 Å². The maximum absolute atomic E-state index is 11.7. The van der Waals surface area contributed by atoms with Crippen LogP contribution in [0.1, 0.15) is 20.7 Å². The number of hydrogen-bond donors (Lipinski definition) is 6. The van der Waals surface area contributed by atoms with E-state index in [0.717, 1.165) is 12.1 Å². The Labute approximate surface area is 145 Å². The van der Waals surface area contributed by atoms with E-state index in [2.05, 4.69) is 4.74 Å². The van der Waals surface area contributed by atoms with E-state index in [1.54, 1.807) is 0 Å². The van der Waals surface area contributed by atoms with E-state index in [0.29, 0.717) is 0 Å². The van der Waals surface area contributed by atoms with Gasteiger partial charge in [0.25, 0.3) is 5.66 Å². The van der Waals surface area contributed by atoms with Gasteiger partial charge in [-0.2, -0.15) is 0 Å². The van der Waals surface area contributed by atoms with Gasteiger partial charge in [0.15, 0.2) is 0 Å². The van der Waals surface area contributed by atoms with Crippen LogP contribution in [-0.4, -0.2) is 63.2 Å². The fourth-order valence-corrected chi connectivity index (χ4v) is 1.35. The Hall–Kier alpha value is -2.57. The number of carbonyl (C=O) groups excluding carboxylic acids is 2. The molecule has 0 spiro atoms. The Bertz CT molecular complexity index is 673. The molecule has 0 radical (unpaired) electrons. The number of aliphatic hydroxyl groups is 2. The van der Waals surface area contributed by atoms with Crippen molar-refractivity contribution in [2.24, 2.45) is 11.5 Å². The number of benzene rings is 1. The van der Waals surface area contributed by atoms with Crippen LogP contribution in [-0.2, 0) is 14.3 Å². The van der Waals surface area contributed by atoms with Gasteiger partial charge in [0.2, 0.25) is 0 Å². The van der Waals surface area contributed by atoms with Gasteiger partial charge in [0, 0.05) is 5.02 Å². The summed E-state index contributed by atoms with van der Waals surface area (Å²) < 4.78 is 4.18. The fourth-order valence-electron chi connectivity index (χ4n) is 1.18. The number of rotatable bonds is 5. The van der Waals surface area contributed by atoms with Crippen molar-refractivity contribution in [3.63, 3.8) is 0 Å². The Morgan fingerprint density at radius 2 is 1.56 bits per heavy atom. The van der Waals surface area contributed by atoms with Crippen LogP contribution < -0.4 is 11.5 Å². The first-order chi connectivity index (χ1) is 11.5. The molecule has 12 heteroatoms. The third-order valence-electron chi connectivity index (χ3n) is 2.41. The van der Waals surface area contributed by atoms with Crippen molar-refractivity contribution in [1.82, 2.24) is 0 Å². The summed E-state index contributed by atoms with van der Waals surface area (Å²) in [6, 6.07) is 3.14. The van der Waals surface area contributed by atoms with Crippen LogP contribution in [0.3, 0.4) is 0 Å². The van der Waals surface area contributed by atoms with Crippen molar-refractivity contribution < 1.29 is 44.3 Å². The van der Waals surface area contributed by atoms with E-state index < -0.39 is 40.7 Å². The van der Waals surface area contributed by atoms with Crippen LogP contribution >= 0.6 is 11.6 Å². The molecule has 1 rings (SSSR count). The molecular formula is C13H15ClN2O9. The smallest absolute Gasteiger partial charge is 0.360 e. The number of aromatic carboxylic acids is 1. The average Bonchev–Trinajstić information content (AvgIpc) is 2.54. The molecule has 0 saturated heterocycles. The van der Waals surface area contributed by atoms with Gasteiger partial charge in [0.1, 0.15) is 0 Å². The fraction of sp³-hybridized carbons (Fsp3) is 0.231. The van der Waals surface area contributed by atoms with Crippen molar-refractivity contribution in [3.8, 4) is 0 Å². The maximum atomic E-state index is 11.7. The second kappa shape index (κ2) is 9.66. The van der Waals surface area contributed by atoms with Crippen molar-refractivity contribution in [3.05, 3.63) is 34.3 Å². The summed E-state index contributed by atoms with van der Waals surface area (Å²) in [5, 5.41) is 32.8. The summed E-state index contributed by atoms with van der Waals surface area (Å²) in [7, 11) is 0. The van der Waals surface area contributed by atoms with E-state index >= 15 is 0 Å². The quantitative estimate of drug-likeness (QED) is 0.195. The van der Waals surface area contributed by atoms with Crippen LogP contribution in [0.15, 0.2) is 18.2 Å². The SMILES string of the molecule is NC(N)(C(=O)O)C(=O)OC(=O)c1ccc(Cl)cc1C(=O)O.OCCO. The van der Waals surface area contributed by atoms with E-state index in [9.17, 15) is 19.2 Å². The molecule has 0 fully saturated rings. The zero-order chi connectivity index (χ0) is 19.8. The largest absolute Gasteiger partial charge is 0.478 e. The first-order valence-electron chi connectivity index (χ1n) is 6.31. The number of carbonyl (C=O) groups is 4. The van der Waals surface area contributed by atoms with Gasteiger partial charge in [-0.3, -0.25) is 11.5 Å². The number of ether oxygens (including phenoxy) is 1. The van der Waals surface area contributed by atoms with Crippen molar-refractivity contribution in [2.75, 3.05) is 13.2 Å². The Balaban J connectivity index is 0.00000129. The van der Waals surface area contributed by atoms with Crippen LogP contribution in [0.2, 0.25) is 5.02 Å². The molecular weight excluding hydrogens is 364 g/mol. The van der Waals surface area contributed by atoms with Crippen molar-refractivity contribution in [1.29, 1.82) is 0 Å². The van der Waals surface area contributed by atoms with E-state index in [1.807, 2.05) is 0 Å². The summed E-state index contributed by atoms with van der Waals surface area (Å²) in [5.41, 5.74) is 5.95. The number of aliphatic hydroxyl groups excluding tert-OH is 2. The molecule has 1 aromatic carbocycles. The zero-order valence-electron chi connectivity index (χ0n) is 12.5. The highest BCUT2D eigenvalue weighted by atomic mass is 35.5. The second-order valence-electron chi connectivity index (χ2n) is 4.29. The highest BCUT2D eigenvalue weighted by Gasteiger charge is 2.41. The highest BCUT2D eigenvalue weighted by Crippen LogP contribution is 2.17. The number of esters is 2.